The summed E-state index contributed by atoms with van der Waals surface area (Å²) in [6.45, 7) is 0. The van der Waals surface area contributed by atoms with Gasteiger partial charge in [-0.05, 0) is 36.4 Å². The summed E-state index contributed by atoms with van der Waals surface area (Å²) in [5.74, 6) is 1.67. The first-order chi connectivity index (χ1) is 13.8. The van der Waals surface area contributed by atoms with Gasteiger partial charge in [-0.15, -0.1) is 22.7 Å². The third-order valence-corrected chi connectivity index (χ3v) is 8.53. The van der Waals surface area contributed by atoms with Crippen molar-refractivity contribution < 1.29 is 0 Å². The van der Waals surface area contributed by atoms with Gasteiger partial charge in [0.1, 0.15) is 0 Å². The molecule has 3 nitrogen and oxygen atoms in total. The minimum atomic E-state index is 0.833. The van der Waals surface area contributed by atoms with Crippen LogP contribution in [0.15, 0.2) is 75.4 Å². The third kappa shape index (κ3) is 4.07. The molecular weight excluding hydrogens is 423 g/mol. The Balaban J connectivity index is 1.24. The van der Waals surface area contributed by atoms with Crippen molar-refractivity contribution in [3.05, 3.63) is 78.1 Å². The van der Waals surface area contributed by atoms with Crippen LogP contribution in [0.4, 0.5) is 0 Å². The van der Waals surface area contributed by atoms with Crippen LogP contribution < -0.4 is 0 Å². The number of para-hydroxylation sites is 2. The molecule has 0 unspecified atom stereocenters. The zero-order chi connectivity index (χ0) is 18.8. The monoisotopic (exact) mass is 437 g/mol. The van der Waals surface area contributed by atoms with Gasteiger partial charge >= 0.3 is 0 Å². The van der Waals surface area contributed by atoms with E-state index in [-0.39, 0.29) is 0 Å². The second-order valence-corrected chi connectivity index (χ2v) is 10.6. The molecule has 0 amide bonds. The molecule has 7 heteroatoms. The average Bonchev–Trinajstić information content (AvgIpc) is 3.34. The summed E-state index contributed by atoms with van der Waals surface area (Å²) in [6, 6.07) is 22.8. The first-order valence-electron chi connectivity index (χ1n) is 8.75. The molecule has 0 aliphatic heterocycles. The predicted molar refractivity (Wildman–Crippen MR) is 123 cm³/mol. The molecule has 0 radical (unpaired) electrons. The summed E-state index contributed by atoms with van der Waals surface area (Å²) in [5.41, 5.74) is 4.33. The smallest absolute Gasteiger partial charge is 0.151 e. The molecule has 5 rings (SSSR count). The highest BCUT2D eigenvalue weighted by Crippen LogP contribution is 2.32. The number of thioether (sulfide) groups is 2. The van der Waals surface area contributed by atoms with Crippen LogP contribution in [-0.2, 0) is 11.5 Å². The van der Waals surface area contributed by atoms with Gasteiger partial charge in [-0.2, -0.15) is 0 Å². The van der Waals surface area contributed by atoms with E-state index in [1.165, 1.54) is 9.40 Å². The lowest BCUT2D eigenvalue weighted by atomic mass is 10.3. The Kier molecular flexibility index (Phi) is 5.31. The van der Waals surface area contributed by atoms with Crippen LogP contribution >= 0.6 is 46.2 Å². The van der Waals surface area contributed by atoms with E-state index in [2.05, 4.69) is 64.6 Å². The summed E-state index contributed by atoms with van der Waals surface area (Å²) in [4.78, 5) is 14.2. The molecular formula is C21H15N3S4. The number of benzene rings is 2. The van der Waals surface area contributed by atoms with Crippen molar-refractivity contribution in [2.24, 2.45) is 0 Å². The highest BCUT2D eigenvalue weighted by molar-refractivity contribution is 8.00. The maximum absolute atomic E-state index is 4.82. The Morgan fingerprint density at radius 2 is 1.07 bits per heavy atom. The average molecular weight is 438 g/mol. The Hall–Kier alpha value is -1.93. The maximum atomic E-state index is 4.82. The van der Waals surface area contributed by atoms with Crippen LogP contribution in [0, 0.1) is 0 Å². The van der Waals surface area contributed by atoms with E-state index < -0.39 is 0 Å². The summed E-state index contributed by atoms with van der Waals surface area (Å²) >= 11 is 6.99. The summed E-state index contributed by atoms with van der Waals surface area (Å²) in [6.07, 6.45) is 0. The molecule has 0 aliphatic rings. The van der Waals surface area contributed by atoms with Crippen molar-refractivity contribution >= 4 is 66.6 Å². The standard InChI is InChI=1S/C21H15N3S4/c1-3-10-18-16(8-1)23-20(27-18)25-12-14-6-5-7-15(22-14)13-26-21-24-17-9-2-4-11-19(17)28-21/h1-11H,12-13H2. The minimum absolute atomic E-state index is 0.833. The number of pyridine rings is 1. The lowest BCUT2D eigenvalue weighted by Crippen LogP contribution is -1.92. The molecule has 2 aromatic carbocycles. The van der Waals surface area contributed by atoms with Crippen molar-refractivity contribution in [2.45, 2.75) is 20.2 Å². The fourth-order valence-corrected chi connectivity index (χ4v) is 6.73. The number of fused-ring (bicyclic) bond motifs is 2. The Bertz CT molecular complexity index is 1090. The van der Waals surface area contributed by atoms with Gasteiger partial charge in [0.15, 0.2) is 8.68 Å². The van der Waals surface area contributed by atoms with Crippen LogP contribution in [0.1, 0.15) is 11.4 Å². The highest BCUT2D eigenvalue weighted by atomic mass is 32.2. The molecule has 0 bridgehead atoms. The van der Waals surface area contributed by atoms with E-state index in [0.29, 0.717) is 0 Å². The van der Waals surface area contributed by atoms with Crippen LogP contribution in [0.2, 0.25) is 0 Å². The molecule has 0 aliphatic carbocycles. The Morgan fingerprint density at radius 3 is 1.57 bits per heavy atom. The first-order valence-corrected chi connectivity index (χ1v) is 12.4. The van der Waals surface area contributed by atoms with Gasteiger partial charge in [-0.25, -0.2) is 9.97 Å². The fourth-order valence-electron chi connectivity index (χ4n) is 2.79. The van der Waals surface area contributed by atoms with Gasteiger partial charge in [0, 0.05) is 11.5 Å². The van der Waals surface area contributed by atoms with Crippen LogP contribution in [0.3, 0.4) is 0 Å². The molecule has 138 valence electrons. The SMILES string of the molecule is c1cc(CSc2nc3ccccc3s2)nc(CSc2nc3ccccc3s2)c1. The van der Waals surface area contributed by atoms with Crippen LogP contribution in [0.25, 0.3) is 20.4 Å². The van der Waals surface area contributed by atoms with E-state index in [1.54, 1.807) is 46.2 Å². The van der Waals surface area contributed by atoms with Crippen LogP contribution in [-0.4, -0.2) is 15.0 Å². The van der Waals surface area contributed by atoms with E-state index >= 15 is 0 Å². The fraction of sp³-hybridized carbons (Fsp3) is 0.0952. The van der Waals surface area contributed by atoms with Crippen molar-refractivity contribution in [1.82, 2.24) is 15.0 Å². The zero-order valence-electron chi connectivity index (χ0n) is 14.7. The Morgan fingerprint density at radius 1 is 0.571 bits per heavy atom. The van der Waals surface area contributed by atoms with E-state index in [4.69, 9.17) is 4.98 Å². The van der Waals surface area contributed by atoms with E-state index in [9.17, 15) is 0 Å². The molecule has 0 atom stereocenters. The number of aromatic nitrogens is 3. The largest absolute Gasteiger partial charge is 0.256 e. The lowest BCUT2D eigenvalue weighted by Gasteiger charge is -2.02. The van der Waals surface area contributed by atoms with Gasteiger partial charge < -0.3 is 0 Å². The van der Waals surface area contributed by atoms with Gasteiger partial charge in [-0.1, -0.05) is 53.9 Å². The normalized spacial score (nSPS) is 11.4. The van der Waals surface area contributed by atoms with Crippen molar-refractivity contribution in [2.75, 3.05) is 0 Å². The molecule has 0 N–H and O–H groups in total. The molecule has 3 heterocycles. The topological polar surface area (TPSA) is 38.7 Å². The first kappa shape index (κ1) is 18.1. The van der Waals surface area contributed by atoms with E-state index in [0.717, 1.165) is 42.6 Å². The molecule has 0 saturated heterocycles. The molecule has 3 aromatic heterocycles. The highest BCUT2D eigenvalue weighted by Gasteiger charge is 2.07. The van der Waals surface area contributed by atoms with Gasteiger partial charge in [0.2, 0.25) is 0 Å². The van der Waals surface area contributed by atoms with Gasteiger partial charge in [0.25, 0.3) is 0 Å². The van der Waals surface area contributed by atoms with Gasteiger partial charge in [-0.3, -0.25) is 4.98 Å². The quantitative estimate of drug-likeness (QED) is 0.271. The van der Waals surface area contributed by atoms with Crippen LogP contribution in [0.5, 0.6) is 0 Å². The van der Waals surface area contributed by atoms with Gasteiger partial charge in [0.05, 0.1) is 31.8 Å². The number of thiazole rings is 2. The number of hydrogen-bond donors (Lipinski definition) is 0. The summed E-state index contributed by atoms with van der Waals surface area (Å²) in [5, 5.41) is 0. The van der Waals surface area contributed by atoms with E-state index in [1.807, 2.05) is 12.1 Å². The maximum Gasteiger partial charge on any atom is 0.151 e. The summed E-state index contributed by atoms with van der Waals surface area (Å²) < 4.78 is 4.66. The number of hydrogen-bond acceptors (Lipinski definition) is 7. The lowest BCUT2D eigenvalue weighted by molar-refractivity contribution is 1.09. The third-order valence-electron chi connectivity index (χ3n) is 4.10. The number of rotatable bonds is 6. The predicted octanol–water partition coefficient (Wildman–Crippen LogP) is 6.89. The van der Waals surface area contributed by atoms with Crippen molar-refractivity contribution in [3.63, 3.8) is 0 Å². The van der Waals surface area contributed by atoms with Crippen molar-refractivity contribution in [3.8, 4) is 0 Å². The second-order valence-electron chi connectivity index (χ2n) is 6.09. The molecule has 5 aromatic rings. The second kappa shape index (κ2) is 8.21. The summed E-state index contributed by atoms with van der Waals surface area (Å²) in [7, 11) is 0. The molecule has 0 saturated carbocycles. The molecule has 0 fully saturated rings. The number of nitrogens with zero attached hydrogens (tertiary/aromatic N) is 3. The molecule has 28 heavy (non-hydrogen) atoms. The zero-order valence-corrected chi connectivity index (χ0v) is 18.0. The Labute approximate surface area is 179 Å². The molecule has 0 spiro atoms. The van der Waals surface area contributed by atoms with Crippen molar-refractivity contribution in [1.29, 1.82) is 0 Å². The minimum Gasteiger partial charge on any atom is -0.256 e.